The highest BCUT2D eigenvalue weighted by atomic mass is 79.9. The molecule has 1 aromatic rings. The minimum atomic E-state index is -0.526. The average Bonchev–Trinajstić information content (AvgIpc) is 2.29. The lowest BCUT2D eigenvalue weighted by atomic mass is 9.68. The number of hydrogen-bond donors (Lipinski definition) is 1. The Morgan fingerprint density at radius 2 is 2.06 bits per heavy atom. The van der Waals surface area contributed by atoms with Gasteiger partial charge in [-0.15, -0.1) is 0 Å². The quantitative estimate of drug-likeness (QED) is 0.868. The second kappa shape index (κ2) is 5.11. The second-order valence-corrected chi connectivity index (χ2v) is 6.38. The van der Waals surface area contributed by atoms with E-state index in [1.165, 1.54) is 12.0 Å². The maximum atomic E-state index is 10.9. The maximum absolute atomic E-state index is 10.9. The molecule has 0 aliphatic heterocycles. The molecule has 3 unspecified atom stereocenters. The van der Waals surface area contributed by atoms with Crippen molar-refractivity contribution in [3.63, 3.8) is 0 Å². The number of halogens is 1. The lowest BCUT2D eigenvalue weighted by molar-refractivity contribution is -0.0621. The van der Waals surface area contributed by atoms with Gasteiger partial charge < -0.3 is 5.11 Å². The average molecular weight is 297 g/mol. The third-order valence-corrected chi connectivity index (χ3v) is 5.20. The van der Waals surface area contributed by atoms with E-state index in [4.69, 9.17) is 0 Å². The number of aliphatic hydroxyl groups is 1. The molecule has 2 heteroatoms. The topological polar surface area (TPSA) is 20.2 Å². The summed E-state index contributed by atoms with van der Waals surface area (Å²) < 4.78 is 1.11. The van der Waals surface area contributed by atoms with Gasteiger partial charge in [0.05, 0.1) is 5.60 Å². The Kier molecular flexibility index (Phi) is 3.94. The van der Waals surface area contributed by atoms with Gasteiger partial charge in [0.15, 0.2) is 0 Å². The first-order chi connectivity index (χ1) is 8.03. The van der Waals surface area contributed by atoms with Crippen LogP contribution >= 0.6 is 15.9 Å². The summed E-state index contributed by atoms with van der Waals surface area (Å²) in [6.07, 6.45) is 4.09. The smallest absolute Gasteiger partial charge is 0.0716 e. The van der Waals surface area contributed by atoms with Crippen LogP contribution in [0.1, 0.15) is 38.7 Å². The van der Waals surface area contributed by atoms with Gasteiger partial charge in [-0.3, -0.25) is 0 Å². The lowest BCUT2D eigenvalue weighted by Crippen LogP contribution is -2.44. The van der Waals surface area contributed by atoms with E-state index >= 15 is 0 Å². The fourth-order valence-electron chi connectivity index (χ4n) is 2.96. The van der Waals surface area contributed by atoms with Gasteiger partial charge in [-0.05, 0) is 29.9 Å². The highest BCUT2D eigenvalue weighted by Gasteiger charge is 2.39. The summed E-state index contributed by atoms with van der Waals surface area (Å²) >= 11 is 3.57. The molecule has 94 valence electrons. The Hall–Kier alpha value is -0.340. The van der Waals surface area contributed by atoms with Crippen molar-refractivity contribution in [2.24, 2.45) is 11.8 Å². The Bertz CT molecular complexity index is 390. The maximum Gasteiger partial charge on any atom is 0.0716 e. The Morgan fingerprint density at radius 3 is 2.76 bits per heavy atom. The first-order valence-electron chi connectivity index (χ1n) is 6.49. The van der Waals surface area contributed by atoms with Gasteiger partial charge in [-0.1, -0.05) is 60.8 Å². The SMILES string of the molecule is CC1CCCC(O)(Cc2ccccc2Br)C1C. The first kappa shape index (κ1) is 13.1. The van der Waals surface area contributed by atoms with E-state index in [1.807, 2.05) is 12.1 Å². The minimum Gasteiger partial charge on any atom is -0.389 e. The molecule has 0 aromatic heterocycles. The van der Waals surface area contributed by atoms with Gasteiger partial charge in [-0.25, -0.2) is 0 Å². The molecule has 1 aromatic carbocycles. The second-order valence-electron chi connectivity index (χ2n) is 5.53. The number of benzene rings is 1. The van der Waals surface area contributed by atoms with Crippen molar-refractivity contribution in [2.75, 3.05) is 0 Å². The predicted octanol–water partition coefficient (Wildman–Crippen LogP) is 4.18. The van der Waals surface area contributed by atoms with Crippen molar-refractivity contribution < 1.29 is 5.11 Å². The molecule has 2 rings (SSSR count). The molecule has 0 amide bonds. The molecule has 0 spiro atoms. The van der Waals surface area contributed by atoms with Crippen LogP contribution in [0.5, 0.6) is 0 Å². The predicted molar refractivity (Wildman–Crippen MR) is 75.0 cm³/mol. The van der Waals surface area contributed by atoms with Crippen LogP contribution in [-0.2, 0) is 6.42 Å². The van der Waals surface area contributed by atoms with E-state index in [2.05, 4.69) is 41.9 Å². The van der Waals surface area contributed by atoms with Crippen LogP contribution in [0.3, 0.4) is 0 Å². The summed E-state index contributed by atoms with van der Waals surface area (Å²) in [7, 11) is 0. The van der Waals surface area contributed by atoms with Crippen LogP contribution in [0.4, 0.5) is 0 Å². The summed E-state index contributed by atoms with van der Waals surface area (Å²) in [4.78, 5) is 0. The van der Waals surface area contributed by atoms with Crippen molar-refractivity contribution in [3.05, 3.63) is 34.3 Å². The molecular weight excluding hydrogens is 276 g/mol. The van der Waals surface area contributed by atoms with E-state index in [0.29, 0.717) is 11.8 Å². The zero-order chi connectivity index (χ0) is 12.5. The van der Waals surface area contributed by atoms with Crippen LogP contribution < -0.4 is 0 Å². The normalized spacial score (nSPS) is 33.6. The molecule has 1 nitrogen and oxygen atoms in total. The van der Waals surface area contributed by atoms with Gasteiger partial charge in [0.2, 0.25) is 0 Å². The van der Waals surface area contributed by atoms with Crippen LogP contribution in [-0.4, -0.2) is 10.7 Å². The fourth-order valence-corrected chi connectivity index (χ4v) is 3.38. The zero-order valence-electron chi connectivity index (χ0n) is 10.6. The lowest BCUT2D eigenvalue weighted by Gasteiger charge is -2.42. The molecule has 1 aliphatic rings. The molecule has 1 saturated carbocycles. The molecule has 1 fully saturated rings. The molecular formula is C15H21BrO. The summed E-state index contributed by atoms with van der Waals surface area (Å²) in [6.45, 7) is 4.45. The first-order valence-corrected chi connectivity index (χ1v) is 7.28. The van der Waals surface area contributed by atoms with E-state index in [-0.39, 0.29) is 0 Å². The molecule has 0 bridgehead atoms. The third kappa shape index (κ3) is 2.74. The molecule has 1 N–H and O–H groups in total. The van der Waals surface area contributed by atoms with E-state index in [1.54, 1.807) is 0 Å². The molecule has 0 radical (unpaired) electrons. The summed E-state index contributed by atoms with van der Waals surface area (Å²) in [5, 5.41) is 10.9. The summed E-state index contributed by atoms with van der Waals surface area (Å²) in [5.74, 6) is 1.000. The van der Waals surface area contributed by atoms with Gasteiger partial charge in [0.1, 0.15) is 0 Å². The van der Waals surface area contributed by atoms with Gasteiger partial charge in [0, 0.05) is 10.9 Å². The van der Waals surface area contributed by atoms with Gasteiger partial charge >= 0.3 is 0 Å². The molecule has 1 aliphatic carbocycles. The van der Waals surface area contributed by atoms with Crippen LogP contribution in [0, 0.1) is 11.8 Å². The van der Waals surface area contributed by atoms with Crippen molar-refractivity contribution >= 4 is 15.9 Å². The van der Waals surface area contributed by atoms with Crippen LogP contribution in [0.25, 0.3) is 0 Å². The van der Waals surface area contributed by atoms with E-state index < -0.39 is 5.60 Å². The standard InChI is InChI=1S/C15H21BrO/c1-11-6-5-9-15(17,12(11)2)10-13-7-3-4-8-14(13)16/h3-4,7-8,11-12,17H,5-6,9-10H2,1-2H3. The van der Waals surface area contributed by atoms with Gasteiger partial charge in [0.25, 0.3) is 0 Å². The molecule has 0 heterocycles. The van der Waals surface area contributed by atoms with Crippen molar-refractivity contribution in [2.45, 2.75) is 45.1 Å². The molecule has 3 atom stereocenters. The summed E-state index contributed by atoms with van der Waals surface area (Å²) in [6, 6.07) is 8.22. The largest absolute Gasteiger partial charge is 0.389 e. The Labute approximate surface area is 112 Å². The van der Waals surface area contributed by atoms with Crippen molar-refractivity contribution in [1.82, 2.24) is 0 Å². The van der Waals surface area contributed by atoms with Gasteiger partial charge in [-0.2, -0.15) is 0 Å². The minimum absolute atomic E-state index is 0.378. The van der Waals surface area contributed by atoms with Crippen molar-refractivity contribution in [3.8, 4) is 0 Å². The van der Waals surface area contributed by atoms with Crippen LogP contribution in [0.15, 0.2) is 28.7 Å². The highest BCUT2D eigenvalue weighted by Crippen LogP contribution is 2.40. The number of hydrogen-bond acceptors (Lipinski definition) is 1. The highest BCUT2D eigenvalue weighted by molar-refractivity contribution is 9.10. The van der Waals surface area contributed by atoms with E-state index in [9.17, 15) is 5.11 Å². The zero-order valence-corrected chi connectivity index (χ0v) is 12.2. The Morgan fingerprint density at radius 1 is 1.35 bits per heavy atom. The Balaban J connectivity index is 2.19. The van der Waals surface area contributed by atoms with Crippen molar-refractivity contribution in [1.29, 1.82) is 0 Å². The fraction of sp³-hybridized carbons (Fsp3) is 0.600. The number of rotatable bonds is 2. The van der Waals surface area contributed by atoms with Crippen LogP contribution in [0.2, 0.25) is 0 Å². The monoisotopic (exact) mass is 296 g/mol. The van der Waals surface area contributed by atoms with E-state index in [0.717, 1.165) is 23.7 Å². The molecule has 17 heavy (non-hydrogen) atoms. The molecule has 0 saturated heterocycles. The third-order valence-electron chi connectivity index (χ3n) is 4.42. The summed E-state index contributed by atoms with van der Waals surface area (Å²) in [5.41, 5.74) is 0.692.